The van der Waals surface area contributed by atoms with E-state index >= 15 is 0 Å². The van der Waals surface area contributed by atoms with E-state index in [2.05, 4.69) is 36.5 Å². The van der Waals surface area contributed by atoms with Crippen LogP contribution in [-0.2, 0) is 9.53 Å². The summed E-state index contributed by atoms with van der Waals surface area (Å²) < 4.78 is 5.58. The van der Waals surface area contributed by atoms with E-state index in [0.717, 1.165) is 19.3 Å². The van der Waals surface area contributed by atoms with Crippen LogP contribution in [0.1, 0.15) is 49.7 Å². The van der Waals surface area contributed by atoms with Gasteiger partial charge in [0.05, 0.1) is 6.04 Å². The molecule has 0 radical (unpaired) electrons. The van der Waals surface area contributed by atoms with Crippen molar-refractivity contribution in [3.05, 3.63) is 59.7 Å². The summed E-state index contributed by atoms with van der Waals surface area (Å²) in [5, 5.41) is 2.78. The number of benzene rings is 2. The van der Waals surface area contributed by atoms with Gasteiger partial charge in [0.25, 0.3) is 0 Å². The van der Waals surface area contributed by atoms with Crippen LogP contribution in [0.5, 0.6) is 0 Å². The fourth-order valence-electron chi connectivity index (χ4n) is 3.89. The number of Topliss-reactive ketones (excluding diaryl/α,β-unsaturated/α-hetero) is 1. The number of nitrogens with one attached hydrogen (secondary N) is 1. The summed E-state index contributed by atoms with van der Waals surface area (Å²) in [5.41, 5.74) is 4.75. The Labute approximate surface area is 177 Å². The van der Waals surface area contributed by atoms with Gasteiger partial charge in [0, 0.05) is 18.1 Å². The van der Waals surface area contributed by atoms with Crippen molar-refractivity contribution in [1.29, 1.82) is 0 Å². The zero-order chi connectivity index (χ0) is 20.6. The van der Waals surface area contributed by atoms with Crippen molar-refractivity contribution in [2.75, 3.05) is 18.6 Å². The topological polar surface area (TPSA) is 55.4 Å². The zero-order valence-electron chi connectivity index (χ0n) is 17.1. The predicted octanol–water partition coefficient (Wildman–Crippen LogP) is 5.41. The molecule has 1 amide bonds. The maximum atomic E-state index is 12.4. The lowest BCUT2D eigenvalue weighted by atomic mass is 9.98. The van der Waals surface area contributed by atoms with Crippen molar-refractivity contribution in [1.82, 2.24) is 5.32 Å². The number of thioether (sulfide) groups is 1. The van der Waals surface area contributed by atoms with Gasteiger partial charge in [-0.05, 0) is 34.9 Å². The monoisotopic (exact) mass is 411 g/mol. The number of carbonyl (C=O) groups excluding carboxylic acids is 2. The number of fused-ring (bicyclic) bond motifs is 3. The fraction of sp³-hybridized carbons (Fsp3) is 0.417. The number of amides is 1. The molecule has 0 aromatic heterocycles. The first-order chi connectivity index (χ1) is 14.2. The van der Waals surface area contributed by atoms with Crippen molar-refractivity contribution < 1.29 is 14.3 Å². The van der Waals surface area contributed by atoms with Crippen LogP contribution >= 0.6 is 11.8 Å². The Balaban J connectivity index is 1.62. The summed E-state index contributed by atoms with van der Waals surface area (Å²) in [6.45, 7) is 2.37. The number of carbonyl (C=O) groups is 2. The Morgan fingerprint density at radius 3 is 2.24 bits per heavy atom. The molecular weight excluding hydrogens is 382 g/mol. The predicted molar refractivity (Wildman–Crippen MR) is 120 cm³/mol. The molecule has 5 heteroatoms. The van der Waals surface area contributed by atoms with E-state index in [0.29, 0.717) is 12.2 Å². The van der Waals surface area contributed by atoms with Gasteiger partial charge >= 0.3 is 6.09 Å². The third-order valence-electron chi connectivity index (χ3n) is 5.38. The first kappa shape index (κ1) is 21.4. The molecule has 29 heavy (non-hydrogen) atoms. The molecule has 154 valence electrons. The molecule has 0 bridgehead atoms. The highest BCUT2D eigenvalue weighted by molar-refractivity contribution is 7.98. The average molecular weight is 412 g/mol. The van der Waals surface area contributed by atoms with Crippen LogP contribution in [0.4, 0.5) is 4.79 Å². The van der Waals surface area contributed by atoms with Crippen LogP contribution in [0, 0.1) is 0 Å². The van der Waals surface area contributed by atoms with Crippen molar-refractivity contribution in [2.24, 2.45) is 0 Å². The number of ketones is 1. The van der Waals surface area contributed by atoms with Crippen LogP contribution in [0.15, 0.2) is 48.5 Å². The van der Waals surface area contributed by atoms with Crippen molar-refractivity contribution in [3.8, 4) is 11.1 Å². The summed E-state index contributed by atoms with van der Waals surface area (Å²) in [5.74, 6) is 0.670. The minimum Gasteiger partial charge on any atom is -0.449 e. The van der Waals surface area contributed by atoms with Crippen molar-refractivity contribution in [3.63, 3.8) is 0 Å². The first-order valence-corrected chi connectivity index (χ1v) is 11.7. The molecule has 1 aliphatic carbocycles. The van der Waals surface area contributed by atoms with Crippen LogP contribution < -0.4 is 5.32 Å². The molecule has 2 aromatic carbocycles. The maximum absolute atomic E-state index is 12.4. The second-order valence-electron chi connectivity index (χ2n) is 7.40. The molecule has 0 heterocycles. The van der Waals surface area contributed by atoms with Gasteiger partial charge in [-0.3, -0.25) is 4.79 Å². The van der Waals surface area contributed by atoms with Gasteiger partial charge in [0.2, 0.25) is 0 Å². The van der Waals surface area contributed by atoms with Gasteiger partial charge in [0.15, 0.2) is 5.78 Å². The minimum atomic E-state index is -0.519. The summed E-state index contributed by atoms with van der Waals surface area (Å²) in [6.07, 6.45) is 4.89. The van der Waals surface area contributed by atoms with Crippen LogP contribution in [0.2, 0.25) is 0 Å². The lowest BCUT2D eigenvalue weighted by molar-refractivity contribution is -0.120. The normalized spacial score (nSPS) is 13.4. The molecule has 0 aliphatic heterocycles. The van der Waals surface area contributed by atoms with Crippen LogP contribution in [-0.4, -0.2) is 36.5 Å². The minimum absolute atomic E-state index is 0.0207. The molecular formula is C24H29NO3S. The maximum Gasteiger partial charge on any atom is 0.407 e. The largest absolute Gasteiger partial charge is 0.449 e. The zero-order valence-corrected chi connectivity index (χ0v) is 18.0. The SMILES string of the molecule is CCCCCC(=O)[C@H](CSC)NC(=O)OCC1c2ccccc2-c2ccccc21. The third-order valence-corrected chi connectivity index (χ3v) is 6.05. The Hall–Kier alpha value is -2.27. The summed E-state index contributed by atoms with van der Waals surface area (Å²) in [7, 11) is 0. The Morgan fingerprint density at radius 1 is 1.03 bits per heavy atom. The van der Waals surface area contributed by atoms with E-state index in [9.17, 15) is 9.59 Å². The first-order valence-electron chi connectivity index (χ1n) is 10.3. The molecule has 0 saturated heterocycles. The number of rotatable bonds is 10. The molecule has 1 N–H and O–H groups in total. The van der Waals surface area contributed by atoms with E-state index in [4.69, 9.17) is 4.74 Å². The molecule has 1 aliphatic rings. The molecule has 0 fully saturated rings. The van der Waals surface area contributed by atoms with Gasteiger partial charge < -0.3 is 10.1 Å². The summed E-state index contributed by atoms with van der Waals surface area (Å²) >= 11 is 1.55. The second kappa shape index (κ2) is 10.5. The van der Waals surface area contributed by atoms with Crippen LogP contribution in [0.25, 0.3) is 11.1 Å². The summed E-state index contributed by atoms with van der Waals surface area (Å²) in [4.78, 5) is 24.9. The van der Waals surface area contributed by atoms with Crippen molar-refractivity contribution >= 4 is 23.6 Å². The van der Waals surface area contributed by atoms with Gasteiger partial charge in [-0.2, -0.15) is 11.8 Å². The molecule has 0 saturated carbocycles. The lowest BCUT2D eigenvalue weighted by Crippen LogP contribution is -2.43. The van der Waals surface area contributed by atoms with E-state index < -0.39 is 12.1 Å². The molecule has 0 unspecified atom stereocenters. The highest BCUT2D eigenvalue weighted by atomic mass is 32.2. The molecule has 1 atom stereocenters. The Bertz CT molecular complexity index is 806. The standard InChI is InChI=1S/C24H29NO3S/c1-3-4-5-14-23(26)22(16-29-2)25-24(27)28-15-21-19-12-8-6-10-17(19)18-11-7-9-13-20(18)21/h6-13,21-22H,3-5,14-16H2,1-2H3,(H,25,27)/t22-/m0/s1. The third kappa shape index (κ3) is 5.21. The van der Waals surface area contributed by atoms with Crippen molar-refractivity contribution in [2.45, 2.75) is 44.6 Å². The van der Waals surface area contributed by atoms with E-state index in [1.54, 1.807) is 11.8 Å². The van der Waals surface area contributed by atoms with Gasteiger partial charge in [-0.25, -0.2) is 4.79 Å². The highest BCUT2D eigenvalue weighted by Gasteiger charge is 2.29. The Kier molecular flexibility index (Phi) is 7.76. The molecule has 0 spiro atoms. The number of alkyl carbamates (subject to hydrolysis) is 1. The molecule has 3 rings (SSSR count). The smallest absolute Gasteiger partial charge is 0.407 e. The summed E-state index contributed by atoms with van der Waals surface area (Å²) in [6, 6.07) is 16.0. The van der Waals surface area contributed by atoms with Crippen LogP contribution in [0.3, 0.4) is 0 Å². The highest BCUT2D eigenvalue weighted by Crippen LogP contribution is 2.44. The van der Waals surface area contributed by atoms with Gasteiger partial charge in [-0.15, -0.1) is 0 Å². The van der Waals surface area contributed by atoms with E-state index in [-0.39, 0.29) is 18.3 Å². The fourth-order valence-corrected chi connectivity index (χ4v) is 4.49. The van der Waals surface area contributed by atoms with Gasteiger partial charge in [-0.1, -0.05) is 68.3 Å². The average Bonchev–Trinajstić information content (AvgIpc) is 3.06. The lowest BCUT2D eigenvalue weighted by Gasteiger charge is -2.18. The van der Waals surface area contributed by atoms with E-state index in [1.165, 1.54) is 22.3 Å². The quantitative estimate of drug-likeness (QED) is 0.532. The number of hydrogen-bond donors (Lipinski definition) is 1. The number of ether oxygens (including phenoxy) is 1. The van der Waals surface area contributed by atoms with Gasteiger partial charge in [0.1, 0.15) is 6.61 Å². The number of hydrogen-bond acceptors (Lipinski definition) is 4. The molecule has 2 aromatic rings. The Morgan fingerprint density at radius 2 is 1.66 bits per heavy atom. The molecule has 4 nitrogen and oxygen atoms in total. The second-order valence-corrected chi connectivity index (χ2v) is 8.31. The number of unbranched alkanes of at least 4 members (excludes halogenated alkanes) is 2. The van der Waals surface area contributed by atoms with E-state index in [1.807, 2.05) is 30.5 Å².